The number of hydrogen-bond acceptors (Lipinski definition) is 2. The first-order valence-electron chi connectivity index (χ1n) is 5.84. The highest BCUT2D eigenvalue weighted by atomic mass is 32.2. The molecule has 0 aromatic carbocycles. The third-order valence-corrected chi connectivity index (χ3v) is 6.03. The van der Waals surface area contributed by atoms with Crippen molar-refractivity contribution >= 4 is 11.8 Å². The van der Waals surface area contributed by atoms with E-state index in [4.69, 9.17) is 0 Å². The van der Waals surface area contributed by atoms with Crippen molar-refractivity contribution in [3.63, 3.8) is 0 Å². The standard InChI is InChI=1S/C13H22OS/c1-5-6-15-11-7-9-10(12(9,2)3)8-13(11,4)14/h5,9-11,14H,1,6-8H2,2-4H3/t9-,10+,11-,13-/m1/s1. The van der Waals surface area contributed by atoms with Crippen LogP contribution in [0.15, 0.2) is 12.7 Å². The van der Waals surface area contributed by atoms with E-state index in [1.165, 1.54) is 6.42 Å². The zero-order valence-corrected chi connectivity index (χ0v) is 10.8. The summed E-state index contributed by atoms with van der Waals surface area (Å²) in [5.74, 6) is 2.56. The van der Waals surface area contributed by atoms with Crippen LogP contribution < -0.4 is 0 Å². The second kappa shape index (κ2) is 3.53. The van der Waals surface area contributed by atoms with Crippen LogP contribution in [0.25, 0.3) is 0 Å². The number of fused-ring (bicyclic) bond motifs is 1. The fourth-order valence-corrected chi connectivity index (χ4v) is 4.39. The summed E-state index contributed by atoms with van der Waals surface area (Å²) in [6.45, 7) is 10.5. The van der Waals surface area contributed by atoms with E-state index < -0.39 is 5.60 Å². The molecule has 2 aliphatic rings. The van der Waals surface area contributed by atoms with Crippen LogP contribution in [0.5, 0.6) is 0 Å². The molecule has 2 heteroatoms. The normalized spacial score (nSPS) is 47.1. The summed E-state index contributed by atoms with van der Waals surface area (Å²) >= 11 is 1.87. The second-order valence-corrected chi connectivity index (χ2v) is 7.18. The van der Waals surface area contributed by atoms with Crippen LogP contribution in [0.1, 0.15) is 33.6 Å². The van der Waals surface area contributed by atoms with Crippen LogP contribution in [0.3, 0.4) is 0 Å². The molecule has 1 N–H and O–H groups in total. The molecule has 0 aromatic rings. The molecule has 0 unspecified atom stereocenters. The molecule has 0 aromatic heterocycles. The summed E-state index contributed by atoms with van der Waals surface area (Å²) in [5, 5.41) is 10.8. The van der Waals surface area contributed by atoms with Gasteiger partial charge in [0.2, 0.25) is 0 Å². The minimum atomic E-state index is -0.470. The van der Waals surface area contributed by atoms with Gasteiger partial charge in [0.15, 0.2) is 0 Å². The molecule has 86 valence electrons. The van der Waals surface area contributed by atoms with Gasteiger partial charge in [-0.3, -0.25) is 0 Å². The predicted molar refractivity (Wildman–Crippen MR) is 67.1 cm³/mol. The number of thioether (sulfide) groups is 1. The molecule has 2 rings (SSSR count). The first kappa shape index (κ1) is 11.5. The summed E-state index contributed by atoms with van der Waals surface area (Å²) in [4.78, 5) is 0. The lowest BCUT2D eigenvalue weighted by molar-refractivity contribution is 0.0245. The molecule has 0 spiro atoms. The third-order valence-electron chi connectivity index (χ3n) is 4.50. The van der Waals surface area contributed by atoms with Gasteiger partial charge in [-0.1, -0.05) is 19.9 Å². The van der Waals surface area contributed by atoms with Crippen LogP contribution in [-0.4, -0.2) is 21.7 Å². The Morgan fingerprint density at radius 2 is 2.07 bits per heavy atom. The van der Waals surface area contributed by atoms with Gasteiger partial charge in [0.1, 0.15) is 0 Å². The monoisotopic (exact) mass is 226 g/mol. The highest BCUT2D eigenvalue weighted by Crippen LogP contribution is 2.67. The maximum absolute atomic E-state index is 10.4. The lowest BCUT2D eigenvalue weighted by Crippen LogP contribution is -2.41. The molecular weight excluding hydrogens is 204 g/mol. The maximum atomic E-state index is 10.4. The van der Waals surface area contributed by atoms with Crippen molar-refractivity contribution in [2.45, 2.75) is 44.5 Å². The molecule has 0 aliphatic heterocycles. The van der Waals surface area contributed by atoms with E-state index in [1.54, 1.807) is 0 Å². The zero-order chi connectivity index (χ0) is 11.3. The Kier molecular flexibility index (Phi) is 2.71. The van der Waals surface area contributed by atoms with Crippen LogP contribution >= 0.6 is 11.8 Å². The SMILES string of the molecule is C=CCS[C@@H]1C[C@@H]2[C@H](C[C@@]1(C)O)C2(C)C. The van der Waals surface area contributed by atoms with Gasteiger partial charge in [0.05, 0.1) is 5.60 Å². The molecule has 0 amide bonds. The maximum Gasteiger partial charge on any atom is 0.0741 e. The molecular formula is C13H22OS. The highest BCUT2D eigenvalue weighted by Gasteiger charge is 2.63. The van der Waals surface area contributed by atoms with Crippen molar-refractivity contribution in [3.05, 3.63) is 12.7 Å². The van der Waals surface area contributed by atoms with Crippen LogP contribution in [0.4, 0.5) is 0 Å². The molecule has 0 saturated heterocycles. The van der Waals surface area contributed by atoms with Gasteiger partial charge >= 0.3 is 0 Å². The summed E-state index contributed by atoms with van der Waals surface area (Å²) in [5.41, 5.74) is 0.0100. The largest absolute Gasteiger partial charge is 0.389 e. The van der Waals surface area contributed by atoms with Crippen LogP contribution in [0, 0.1) is 17.3 Å². The van der Waals surface area contributed by atoms with Crippen molar-refractivity contribution in [2.24, 2.45) is 17.3 Å². The Hall–Kier alpha value is 0.0500. The van der Waals surface area contributed by atoms with Gasteiger partial charge in [-0.05, 0) is 37.0 Å². The van der Waals surface area contributed by atoms with Gasteiger partial charge in [0.25, 0.3) is 0 Å². The Morgan fingerprint density at radius 3 is 2.67 bits per heavy atom. The lowest BCUT2D eigenvalue weighted by Gasteiger charge is -2.36. The first-order valence-corrected chi connectivity index (χ1v) is 6.89. The number of rotatable bonds is 3. The fraction of sp³-hybridized carbons (Fsp3) is 0.846. The van der Waals surface area contributed by atoms with Crippen LogP contribution in [-0.2, 0) is 0 Å². The number of hydrogen-bond donors (Lipinski definition) is 1. The van der Waals surface area contributed by atoms with Gasteiger partial charge in [-0.15, -0.1) is 6.58 Å². The summed E-state index contributed by atoms with van der Waals surface area (Å²) in [7, 11) is 0. The zero-order valence-electron chi connectivity index (χ0n) is 9.99. The smallest absolute Gasteiger partial charge is 0.0741 e. The quantitative estimate of drug-likeness (QED) is 0.746. The van der Waals surface area contributed by atoms with Gasteiger partial charge in [-0.25, -0.2) is 0 Å². The van der Waals surface area contributed by atoms with Gasteiger partial charge in [-0.2, -0.15) is 11.8 Å². The lowest BCUT2D eigenvalue weighted by atomic mass is 9.86. The van der Waals surface area contributed by atoms with E-state index in [-0.39, 0.29) is 0 Å². The fourth-order valence-electron chi connectivity index (χ4n) is 3.22. The van der Waals surface area contributed by atoms with Crippen molar-refractivity contribution in [2.75, 3.05) is 5.75 Å². The van der Waals surface area contributed by atoms with E-state index in [0.717, 1.165) is 24.0 Å². The molecule has 15 heavy (non-hydrogen) atoms. The Balaban J connectivity index is 2.03. The second-order valence-electron chi connectivity index (χ2n) is 5.94. The Morgan fingerprint density at radius 1 is 1.40 bits per heavy atom. The average molecular weight is 226 g/mol. The first-order chi connectivity index (χ1) is 6.89. The summed E-state index contributed by atoms with van der Waals surface area (Å²) in [6, 6.07) is 0. The molecule has 2 fully saturated rings. The van der Waals surface area contributed by atoms with Crippen molar-refractivity contribution in [3.8, 4) is 0 Å². The van der Waals surface area contributed by atoms with E-state index in [1.807, 2.05) is 24.8 Å². The van der Waals surface area contributed by atoms with E-state index in [0.29, 0.717) is 10.7 Å². The van der Waals surface area contributed by atoms with E-state index in [9.17, 15) is 5.11 Å². The molecule has 0 bridgehead atoms. The Labute approximate surface area is 97.3 Å². The highest BCUT2D eigenvalue weighted by molar-refractivity contribution is 8.00. The molecule has 2 aliphatic carbocycles. The number of aliphatic hydroxyl groups is 1. The van der Waals surface area contributed by atoms with E-state index in [2.05, 4.69) is 20.4 Å². The average Bonchev–Trinajstić information content (AvgIpc) is 2.62. The van der Waals surface area contributed by atoms with Crippen LogP contribution in [0.2, 0.25) is 0 Å². The molecule has 4 atom stereocenters. The summed E-state index contributed by atoms with van der Waals surface area (Å²) < 4.78 is 0. The van der Waals surface area contributed by atoms with Crippen molar-refractivity contribution in [1.29, 1.82) is 0 Å². The van der Waals surface area contributed by atoms with Crippen molar-refractivity contribution < 1.29 is 5.11 Å². The topological polar surface area (TPSA) is 20.2 Å². The summed E-state index contributed by atoms with van der Waals surface area (Å²) in [6.07, 6.45) is 4.10. The molecule has 0 radical (unpaired) electrons. The minimum absolute atomic E-state index is 0.401. The third kappa shape index (κ3) is 1.87. The van der Waals surface area contributed by atoms with E-state index >= 15 is 0 Å². The minimum Gasteiger partial charge on any atom is -0.389 e. The van der Waals surface area contributed by atoms with Gasteiger partial charge < -0.3 is 5.11 Å². The molecule has 0 heterocycles. The molecule has 2 saturated carbocycles. The Bertz CT molecular complexity index is 270. The van der Waals surface area contributed by atoms with Gasteiger partial charge in [0, 0.05) is 11.0 Å². The predicted octanol–water partition coefficient (Wildman–Crippen LogP) is 3.09. The van der Waals surface area contributed by atoms with Crippen molar-refractivity contribution in [1.82, 2.24) is 0 Å². The molecule has 1 nitrogen and oxygen atoms in total.